The van der Waals surface area contributed by atoms with Gasteiger partial charge in [-0.2, -0.15) is 0 Å². The van der Waals surface area contributed by atoms with Crippen molar-refractivity contribution in [3.63, 3.8) is 0 Å². The minimum absolute atomic E-state index is 0.360. The van der Waals surface area contributed by atoms with Crippen LogP contribution in [0.3, 0.4) is 0 Å². The lowest BCUT2D eigenvalue weighted by molar-refractivity contribution is 0.476. The molecular formula is C19H18OS. The maximum atomic E-state index is 10.6. The quantitative estimate of drug-likeness (QED) is 0.818. The van der Waals surface area contributed by atoms with E-state index in [1.54, 1.807) is 0 Å². The minimum Gasteiger partial charge on any atom is -0.507 e. The van der Waals surface area contributed by atoms with Crippen LogP contribution in [0, 0.1) is 6.92 Å². The van der Waals surface area contributed by atoms with Crippen molar-refractivity contribution in [2.45, 2.75) is 18.6 Å². The summed E-state index contributed by atoms with van der Waals surface area (Å²) < 4.78 is 0. The van der Waals surface area contributed by atoms with Crippen LogP contribution in [0.15, 0.2) is 60.0 Å². The monoisotopic (exact) mass is 294 g/mol. The van der Waals surface area contributed by atoms with Crippen LogP contribution in [0.25, 0.3) is 17.2 Å². The van der Waals surface area contributed by atoms with Crippen LogP contribution < -0.4 is 0 Å². The molecule has 2 heteroatoms. The molecule has 0 saturated carbocycles. The van der Waals surface area contributed by atoms with Crippen LogP contribution in [-0.2, 0) is 0 Å². The average molecular weight is 294 g/mol. The van der Waals surface area contributed by atoms with E-state index >= 15 is 0 Å². The lowest BCUT2D eigenvalue weighted by Gasteiger charge is -2.10. The second-order valence-corrected chi connectivity index (χ2v) is 6.35. The summed E-state index contributed by atoms with van der Waals surface area (Å²) in [6.07, 6.45) is 7.45. The van der Waals surface area contributed by atoms with Gasteiger partial charge in [0.25, 0.3) is 0 Å². The number of benzene rings is 2. The highest BCUT2D eigenvalue weighted by Crippen LogP contribution is 2.35. The molecule has 0 spiro atoms. The van der Waals surface area contributed by atoms with Crippen LogP contribution in [-0.4, -0.2) is 10.4 Å². The zero-order chi connectivity index (χ0) is 14.7. The summed E-state index contributed by atoms with van der Waals surface area (Å²) in [5, 5.41) is 13.2. The molecule has 21 heavy (non-hydrogen) atoms. The number of phenols is 1. The van der Waals surface area contributed by atoms with Crippen molar-refractivity contribution < 1.29 is 5.11 Å². The van der Waals surface area contributed by atoms with E-state index < -0.39 is 0 Å². The zero-order valence-electron chi connectivity index (χ0n) is 12.0. The van der Waals surface area contributed by atoms with Gasteiger partial charge in [0.15, 0.2) is 0 Å². The van der Waals surface area contributed by atoms with Gasteiger partial charge >= 0.3 is 0 Å². The van der Waals surface area contributed by atoms with Gasteiger partial charge in [0.1, 0.15) is 5.75 Å². The summed E-state index contributed by atoms with van der Waals surface area (Å²) in [7, 11) is 0. The Labute approximate surface area is 130 Å². The third kappa shape index (κ3) is 3.06. The molecule has 3 rings (SSSR count). The molecule has 0 fully saturated rings. The van der Waals surface area contributed by atoms with E-state index in [-0.39, 0.29) is 0 Å². The van der Waals surface area contributed by atoms with Crippen molar-refractivity contribution in [2.75, 3.05) is 0 Å². The maximum Gasteiger partial charge on any atom is 0.130 e. The number of aromatic hydroxyl groups is 1. The smallest absolute Gasteiger partial charge is 0.130 e. The molecule has 0 bridgehead atoms. The van der Waals surface area contributed by atoms with Crippen LogP contribution in [0.4, 0.5) is 0 Å². The van der Waals surface area contributed by atoms with Crippen molar-refractivity contribution in [1.82, 2.24) is 0 Å². The number of rotatable bonds is 3. The fourth-order valence-electron chi connectivity index (χ4n) is 2.52. The Morgan fingerprint density at radius 3 is 2.67 bits per heavy atom. The number of hydrogen-bond donors (Lipinski definition) is 1. The summed E-state index contributed by atoms with van der Waals surface area (Å²) in [5.74, 6) is 0.360. The van der Waals surface area contributed by atoms with E-state index in [0.29, 0.717) is 11.0 Å². The van der Waals surface area contributed by atoms with Crippen molar-refractivity contribution in [2.24, 2.45) is 0 Å². The van der Waals surface area contributed by atoms with Crippen LogP contribution in [0.5, 0.6) is 5.75 Å². The Morgan fingerprint density at radius 1 is 1.10 bits per heavy atom. The predicted molar refractivity (Wildman–Crippen MR) is 92.4 cm³/mol. The largest absolute Gasteiger partial charge is 0.507 e. The third-order valence-electron chi connectivity index (χ3n) is 3.71. The Kier molecular flexibility index (Phi) is 4.16. The van der Waals surface area contributed by atoms with Crippen molar-refractivity contribution >= 4 is 17.8 Å². The third-order valence-corrected chi connectivity index (χ3v) is 4.76. The number of para-hydroxylation sites is 1. The molecular weight excluding hydrogens is 276 g/mol. The molecule has 1 aliphatic heterocycles. The van der Waals surface area contributed by atoms with Gasteiger partial charge in [-0.15, -0.1) is 11.8 Å². The molecule has 1 heterocycles. The highest BCUT2D eigenvalue weighted by atomic mass is 32.2. The molecule has 1 nitrogen and oxygen atoms in total. The van der Waals surface area contributed by atoms with Crippen molar-refractivity contribution in [3.05, 3.63) is 71.2 Å². The first-order valence-electron chi connectivity index (χ1n) is 7.12. The first-order valence-corrected chi connectivity index (χ1v) is 8.06. The lowest BCUT2D eigenvalue weighted by Crippen LogP contribution is -1.90. The molecule has 0 saturated heterocycles. The van der Waals surface area contributed by atoms with E-state index in [1.807, 2.05) is 48.2 Å². The molecule has 0 radical (unpaired) electrons. The van der Waals surface area contributed by atoms with E-state index in [0.717, 1.165) is 23.1 Å². The SMILES string of the molecule is Cc1ccccc1-c1cccc(C=CC2CC=CS2)c1O. The van der Waals surface area contributed by atoms with Crippen molar-refractivity contribution in [1.29, 1.82) is 0 Å². The standard InChI is InChI=1S/C19H18OS/c1-14-6-2-3-9-17(14)18-10-4-7-15(19(18)20)11-12-16-8-5-13-21-16/h2-7,9-13,16,20H,8H2,1H3. The fraction of sp³-hybridized carbons (Fsp3) is 0.158. The van der Waals surface area contributed by atoms with Gasteiger partial charge in [0, 0.05) is 16.4 Å². The molecule has 2 aromatic rings. The Bertz CT molecular complexity index is 692. The van der Waals surface area contributed by atoms with Gasteiger partial charge in [0.05, 0.1) is 0 Å². The molecule has 0 aromatic heterocycles. The maximum absolute atomic E-state index is 10.6. The minimum atomic E-state index is 0.360. The van der Waals surface area contributed by atoms with Gasteiger partial charge in [0.2, 0.25) is 0 Å². The summed E-state index contributed by atoms with van der Waals surface area (Å²) >= 11 is 1.82. The molecule has 2 aromatic carbocycles. The summed E-state index contributed by atoms with van der Waals surface area (Å²) in [6.45, 7) is 2.07. The number of phenolic OH excluding ortho intramolecular Hbond substituents is 1. The average Bonchev–Trinajstić information content (AvgIpc) is 3.00. The summed E-state index contributed by atoms with van der Waals surface area (Å²) in [5.41, 5.74) is 4.03. The highest BCUT2D eigenvalue weighted by molar-refractivity contribution is 8.03. The number of hydrogen-bond acceptors (Lipinski definition) is 2. The molecule has 106 valence electrons. The van der Waals surface area contributed by atoms with Crippen molar-refractivity contribution in [3.8, 4) is 16.9 Å². The van der Waals surface area contributed by atoms with E-state index in [4.69, 9.17) is 0 Å². The van der Waals surface area contributed by atoms with Gasteiger partial charge in [-0.05, 0) is 29.9 Å². The molecule has 0 amide bonds. The van der Waals surface area contributed by atoms with Gasteiger partial charge in [-0.25, -0.2) is 0 Å². The Balaban J connectivity index is 1.94. The molecule has 1 aliphatic rings. The lowest BCUT2D eigenvalue weighted by atomic mass is 9.97. The first kappa shape index (κ1) is 14.0. The Hall–Kier alpha value is -1.93. The van der Waals surface area contributed by atoms with Gasteiger partial charge < -0.3 is 5.11 Å². The molecule has 0 aliphatic carbocycles. The molecule has 1 N–H and O–H groups in total. The van der Waals surface area contributed by atoms with Crippen LogP contribution in [0.1, 0.15) is 17.5 Å². The van der Waals surface area contributed by atoms with Crippen LogP contribution >= 0.6 is 11.8 Å². The summed E-state index contributed by atoms with van der Waals surface area (Å²) in [4.78, 5) is 0. The summed E-state index contributed by atoms with van der Waals surface area (Å²) in [6, 6.07) is 14.1. The topological polar surface area (TPSA) is 20.2 Å². The fourth-order valence-corrected chi connectivity index (χ4v) is 3.34. The van der Waals surface area contributed by atoms with E-state index in [9.17, 15) is 5.11 Å². The second kappa shape index (κ2) is 6.23. The Morgan fingerprint density at radius 2 is 1.90 bits per heavy atom. The van der Waals surface area contributed by atoms with Gasteiger partial charge in [-0.3, -0.25) is 0 Å². The zero-order valence-corrected chi connectivity index (χ0v) is 12.8. The molecule has 1 atom stereocenters. The first-order chi connectivity index (χ1) is 10.3. The van der Waals surface area contributed by atoms with E-state index in [2.05, 4.69) is 36.6 Å². The normalized spacial score (nSPS) is 17.7. The number of aryl methyl sites for hydroxylation is 1. The highest BCUT2D eigenvalue weighted by Gasteiger charge is 2.10. The predicted octanol–water partition coefficient (Wildman–Crippen LogP) is 5.40. The van der Waals surface area contributed by atoms with Crippen LogP contribution in [0.2, 0.25) is 0 Å². The molecule has 1 unspecified atom stereocenters. The second-order valence-electron chi connectivity index (χ2n) is 5.20. The number of allylic oxidation sites excluding steroid dienone is 1. The van der Waals surface area contributed by atoms with Gasteiger partial charge in [-0.1, -0.05) is 60.7 Å². The van der Waals surface area contributed by atoms with E-state index in [1.165, 1.54) is 5.56 Å². The number of thioether (sulfide) groups is 1.